The molecule has 1 amide bonds. The van der Waals surface area contributed by atoms with Gasteiger partial charge in [0.2, 0.25) is 0 Å². The predicted octanol–water partition coefficient (Wildman–Crippen LogP) is 2.03. The van der Waals surface area contributed by atoms with Gasteiger partial charge in [0.05, 0.1) is 12.1 Å². The lowest BCUT2D eigenvalue weighted by molar-refractivity contribution is 0.0744. The van der Waals surface area contributed by atoms with E-state index >= 15 is 0 Å². The lowest BCUT2D eigenvalue weighted by Gasteiger charge is -2.19. The number of carbonyl (C=O) groups excluding carboxylic acids is 1. The Morgan fingerprint density at radius 2 is 2.21 bits per heavy atom. The van der Waals surface area contributed by atoms with Crippen LogP contribution in [-0.4, -0.2) is 42.2 Å². The third kappa shape index (κ3) is 3.07. The molecule has 0 fully saturated rings. The third-order valence-electron chi connectivity index (χ3n) is 3.39. The Kier molecular flexibility index (Phi) is 4.43. The summed E-state index contributed by atoms with van der Waals surface area (Å²) in [6, 6.07) is 5.83. The zero-order valence-corrected chi connectivity index (χ0v) is 11.6. The Bertz CT molecular complexity index is 455. The normalized spacial score (nSPS) is 15.2. The van der Waals surface area contributed by atoms with Gasteiger partial charge in [0.15, 0.2) is 0 Å². The van der Waals surface area contributed by atoms with Gasteiger partial charge in [0.25, 0.3) is 5.91 Å². The van der Waals surface area contributed by atoms with Crippen LogP contribution in [0.4, 0.5) is 0 Å². The van der Waals surface area contributed by atoms with Gasteiger partial charge in [-0.3, -0.25) is 4.79 Å². The fourth-order valence-corrected chi connectivity index (χ4v) is 2.21. The average Bonchev–Trinajstić information content (AvgIpc) is 2.56. The van der Waals surface area contributed by atoms with Crippen LogP contribution in [0.2, 0.25) is 0 Å². The minimum Gasteiger partial charge on any atom is -0.491 e. The second-order valence-corrected chi connectivity index (χ2v) is 5.13. The number of rotatable bonds is 4. The molecular weight excluding hydrogens is 242 g/mol. The number of benzene rings is 1. The van der Waals surface area contributed by atoms with Crippen molar-refractivity contribution in [1.82, 2.24) is 4.90 Å². The summed E-state index contributed by atoms with van der Waals surface area (Å²) in [5.74, 6) is 1.05. The second-order valence-electron chi connectivity index (χ2n) is 5.13. The standard InChI is InChI=1S/C15H21NO3/c1-11(2)12-4-5-14-13(10-12)15(18)16(6-3-8-17)7-9-19-14/h4-5,10-11,17H,3,6-9H2,1-2H3. The van der Waals surface area contributed by atoms with Gasteiger partial charge in [-0.15, -0.1) is 0 Å². The van der Waals surface area contributed by atoms with Crippen LogP contribution in [0.15, 0.2) is 18.2 Å². The molecule has 0 radical (unpaired) electrons. The molecule has 1 N–H and O–H groups in total. The first-order chi connectivity index (χ1) is 9.13. The molecule has 104 valence electrons. The van der Waals surface area contributed by atoms with Crippen LogP contribution in [-0.2, 0) is 0 Å². The first-order valence-electron chi connectivity index (χ1n) is 6.80. The summed E-state index contributed by atoms with van der Waals surface area (Å²) in [6.45, 7) is 5.96. The lowest BCUT2D eigenvalue weighted by Crippen LogP contribution is -2.33. The SMILES string of the molecule is CC(C)c1ccc2c(c1)C(=O)N(CCCO)CCO2. The zero-order chi connectivity index (χ0) is 13.8. The number of hydrogen-bond acceptors (Lipinski definition) is 3. The Labute approximate surface area is 114 Å². The van der Waals surface area contributed by atoms with E-state index in [9.17, 15) is 4.79 Å². The van der Waals surface area contributed by atoms with Gasteiger partial charge in [-0.05, 0) is 30.0 Å². The molecule has 0 spiro atoms. The molecule has 1 heterocycles. The molecule has 1 aliphatic heterocycles. The minimum atomic E-state index is 0.00319. The van der Waals surface area contributed by atoms with Crippen LogP contribution in [0.1, 0.15) is 42.1 Å². The molecule has 0 unspecified atom stereocenters. The molecule has 0 bridgehead atoms. The van der Waals surface area contributed by atoms with Gasteiger partial charge in [0, 0.05) is 13.2 Å². The minimum absolute atomic E-state index is 0.00319. The van der Waals surface area contributed by atoms with Crippen molar-refractivity contribution in [3.8, 4) is 5.75 Å². The van der Waals surface area contributed by atoms with E-state index in [4.69, 9.17) is 9.84 Å². The quantitative estimate of drug-likeness (QED) is 0.904. The number of carbonyl (C=O) groups is 1. The highest BCUT2D eigenvalue weighted by molar-refractivity contribution is 5.97. The predicted molar refractivity (Wildman–Crippen MR) is 73.6 cm³/mol. The van der Waals surface area contributed by atoms with Gasteiger partial charge in [-0.2, -0.15) is 0 Å². The van der Waals surface area contributed by atoms with E-state index < -0.39 is 0 Å². The van der Waals surface area contributed by atoms with Crippen molar-refractivity contribution in [3.63, 3.8) is 0 Å². The van der Waals surface area contributed by atoms with Crippen LogP contribution < -0.4 is 4.74 Å². The Hall–Kier alpha value is -1.55. The average molecular weight is 263 g/mol. The van der Waals surface area contributed by atoms with Crippen LogP contribution >= 0.6 is 0 Å². The Balaban J connectivity index is 2.29. The van der Waals surface area contributed by atoms with Crippen molar-refractivity contribution in [2.45, 2.75) is 26.2 Å². The second kappa shape index (κ2) is 6.06. The number of fused-ring (bicyclic) bond motifs is 1. The van der Waals surface area contributed by atoms with E-state index in [-0.39, 0.29) is 12.5 Å². The van der Waals surface area contributed by atoms with E-state index in [1.54, 1.807) is 4.90 Å². The highest BCUT2D eigenvalue weighted by Gasteiger charge is 2.23. The van der Waals surface area contributed by atoms with Crippen LogP contribution in [0.5, 0.6) is 5.75 Å². The number of aliphatic hydroxyl groups excluding tert-OH is 1. The topological polar surface area (TPSA) is 49.8 Å². The molecule has 0 atom stereocenters. The molecule has 4 heteroatoms. The van der Waals surface area contributed by atoms with E-state index in [0.29, 0.717) is 43.3 Å². The highest BCUT2D eigenvalue weighted by Crippen LogP contribution is 2.27. The van der Waals surface area contributed by atoms with Crippen molar-refractivity contribution >= 4 is 5.91 Å². The summed E-state index contributed by atoms with van der Waals surface area (Å²) in [6.07, 6.45) is 0.602. The Morgan fingerprint density at radius 3 is 2.89 bits per heavy atom. The van der Waals surface area contributed by atoms with Crippen molar-refractivity contribution in [2.75, 3.05) is 26.3 Å². The summed E-state index contributed by atoms with van der Waals surface area (Å²) in [5.41, 5.74) is 1.78. The lowest BCUT2D eigenvalue weighted by atomic mass is 10.00. The smallest absolute Gasteiger partial charge is 0.257 e. The maximum Gasteiger partial charge on any atom is 0.257 e. The molecular formula is C15H21NO3. The highest BCUT2D eigenvalue weighted by atomic mass is 16.5. The molecule has 4 nitrogen and oxygen atoms in total. The van der Waals surface area contributed by atoms with E-state index in [2.05, 4.69) is 13.8 Å². The summed E-state index contributed by atoms with van der Waals surface area (Å²) in [5, 5.41) is 8.90. The number of amides is 1. The molecule has 1 aromatic carbocycles. The molecule has 1 aromatic rings. The monoisotopic (exact) mass is 263 g/mol. The largest absolute Gasteiger partial charge is 0.491 e. The van der Waals surface area contributed by atoms with E-state index in [0.717, 1.165) is 5.56 Å². The van der Waals surface area contributed by atoms with Gasteiger partial charge >= 0.3 is 0 Å². The molecule has 1 aliphatic rings. The molecule has 0 saturated carbocycles. The van der Waals surface area contributed by atoms with Crippen LogP contribution in [0, 0.1) is 0 Å². The molecule has 19 heavy (non-hydrogen) atoms. The van der Waals surface area contributed by atoms with Gasteiger partial charge < -0.3 is 14.7 Å². The number of ether oxygens (including phenoxy) is 1. The summed E-state index contributed by atoms with van der Waals surface area (Å²) in [4.78, 5) is 14.2. The fourth-order valence-electron chi connectivity index (χ4n) is 2.21. The Morgan fingerprint density at radius 1 is 1.42 bits per heavy atom. The van der Waals surface area contributed by atoms with Crippen molar-refractivity contribution in [3.05, 3.63) is 29.3 Å². The number of hydrogen-bond donors (Lipinski definition) is 1. The van der Waals surface area contributed by atoms with E-state index in [1.165, 1.54) is 0 Å². The molecule has 2 rings (SSSR count). The first-order valence-corrected chi connectivity index (χ1v) is 6.80. The van der Waals surface area contributed by atoms with Gasteiger partial charge in [0.1, 0.15) is 12.4 Å². The third-order valence-corrected chi connectivity index (χ3v) is 3.39. The van der Waals surface area contributed by atoms with Crippen LogP contribution in [0.25, 0.3) is 0 Å². The molecule has 0 saturated heterocycles. The van der Waals surface area contributed by atoms with Gasteiger partial charge in [-0.1, -0.05) is 19.9 Å². The number of nitrogens with zero attached hydrogens (tertiary/aromatic N) is 1. The van der Waals surface area contributed by atoms with Crippen molar-refractivity contribution in [2.24, 2.45) is 0 Å². The maximum atomic E-state index is 12.5. The van der Waals surface area contributed by atoms with Crippen molar-refractivity contribution in [1.29, 1.82) is 0 Å². The first kappa shape index (κ1) is 13.9. The van der Waals surface area contributed by atoms with Crippen molar-refractivity contribution < 1.29 is 14.6 Å². The molecule has 0 aliphatic carbocycles. The number of aliphatic hydroxyl groups is 1. The van der Waals surface area contributed by atoms with E-state index in [1.807, 2.05) is 18.2 Å². The zero-order valence-electron chi connectivity index (χ0n) is 11.6. The summed E-state index contributed by atoms with van der Waals surface area (Å²) in [7, 11) is 0. The van der Waals surface area contributed by atoms with Gasteiger partial charge in [-0.25, -0.2) is 0 Å². The maximum absolute atomic E-state index is 12.5. The van der Waals surface area contributed by atoms with Crippen LogP contribution in [0.3, 0.4) is 0 Å². The molecule has 0 aromatic heterocycles. The summed E-state index contributed by atoms with van der Waals surface area (Å²) < 4.78 is 5.64. The summed E-state index contributed by atoms with van der Waals surface area (Å²) >= 11 is 0. The fraction of sp³-hybridized carbons (Fsp3) is 0.533.